The van der Waals surface area contributed by atoms with Crippen LogP contribution in [0.25, 0.3) is 11.0 Å². The number of hydrogen-bond acceptors (Lipinski definition) is 3. The molecule has 0 saturated heterocycles. The second-order valence-electron chi connectivity index (χ2n) is 3.15. The van der Waals surface area contributed by atoms with Crippen molar-refractivity contribution in [2.45, 2.75) is 13.1 Å². The van der Waals surface area contributed by atoms with Gasteiger partial charge in [-0.3, -0.25) is 5.10 Å². The molecule has 0 saturated carbocycles. The molecule has 0 radical (unpaired) electrons. The normalized spacial score (nSPS) is 12.3. The van der Waals surface area contributed by atoms with Gasteiger partial charge in [-0.05, 0) is 18.6 Å². The molecule has 0 fully saturated rings. The molecule has 2 heterocycles. The molecule has 0 aromatic carbocycles. The van der Waals surface area contributed by atoms with Gasteiger partial charge in [0.05, 0.1) is 5.39 Å². The quantitative estimate of drug-likeness (QED) is 0.706. The average molecular weight is 216 g/mol. The first-order chi connectivity index (χ1) is 6.89. The Morgan fingerprint density at radius 1 is 1.40 bits per heavy atom. The first-order valence-corrected chi connectivity index (χ1v) is 4.08. The smallest absolute Gasteiger partial charge is 0.382 e. The summed E-state index contributed by atoms with van der Waals surface area (Å²) in [7, 11) is 0. The molecule has 80 valence electrons. The number of fused-ring (bicyclic) bond motifs is 1. The van der Waals surface area contributed by atoms with Gasteiger partial charge < -0.3 is 5.73 Å². The summed E-state index contributed by atoms with van der Waals surface area (Å²) >= 11 is 0. The molecule has 7 heteroatoms. The van der Waals surface area contributed by atoms with E-state index in [0.717, 1.165) is 6.07 Å². The minimum atomic E-state index is -4.46. The summed E-state index contributed by atoms with van der Waals surface area (Å²) in [5.74, 6) is 0.156. The predicted octanol–water partition coefficient (Wildman–Crippen LogP) is 1.87. The molecular formula is C8H7F3N4. The molecule has 0 bridgehead atoms. The van der Waals surface area contributed by atoms with Crippen LogP contribution in [0, 0.1) is 6.92 Å². The van der Waals surface area contributed by atoms with Crippen molar-refractivity contribution in [1.29, 1.82) is 0 Å². The fourth-order valence-corrected chi connectivity index (χ4v) is 1.39. The number of aryl methyl sites for hydroxylation is 1. The highest BCUT2D eigenvalue weighted by Gasteiger charge is 2.33. The lowest BCUT2D eigenvalue weighted by atomic mass is 10.1. The van der Waals surface area contributed by atoms with E-state index in [1.807, 2.05) is 0 Å². The fourth-order valence-electron chi connectivity index (χ4n) is 1.39. The van der Waals surface area contributed by atoms with Crippen LogP contribution in [0.3, 0.4) is 0 Å². The summed E-state index contributed by atoms with van der Waals surface area (Å²) in [5.41, 5.74) is 4.98. The molecular weight excluding hydrogens is 209 g/mol. The van der Waals surface area contributed by atoms with Gasteiger partial charge >= 0.3 is 6.18 Å². The number of nitrogens with zero attached hydrogens (tertiary/aromatic N) is 2. The number of pyridine rings is 1. The number of aromatic amines is 1. The Hall–Kier alpha value is -1.79. The standard InChI is InChI=1S/C8H7F3N4/c1-3-2-4(8(9,10)11)13-7-5(3)6(12)14-15-7/h2H,1H3,(H3,12,13,14,15). The van der Waals surface area contributed by atoms with Crippen molar-refractivity contribution in [3.05, 3.63) is 17.3 Å². The van der Waals surface area contributed by atoms with Crippen molar-refractivity contribution in [2.75, 3.05) is 5.73 Å². The Kier molecular flexibility index (Phi) is 1.85. The third-order valence-electron chi connectivity index (χ3n) is 2.05. The zero-order valence-corrected chi connectivity index (χ0v) is 7.68. The Labute approximate surface area is 82.3 Å². The highest BCUT2D eigenvalue weighted by Crippen LogP contribution is 2.31. The molecule has 0 amide bonds. The van der Waals surface area contributed by atoms with Crippen LogP contribution in [0.15, 0.2) is 6.07 Å². The number of hydrogen-bond donors (Lipinski definition) is 2. The third kappa shape index (κ3) is 1.49. The maximum absolute atomic E-state index is 12.4. The lowest BCUT2D eigenvalue weighted by Crippen LogP contribution is -2.08. The van der Waals surface area contributed by atoms with Gasteiger partial charge in [0.25, 0.3) is 0 Å². The predicted molar refractivity (Wildman–Crippen MR) is 48.0 cm³/mol. The third-order valence-corrected chi connectivity index (χ3v) is 2.05. The molecule has 15 heavy (non-hydrogen) atoms. The van der Waals surface area contributed by atoms with Crippen molar-refractivity contribution < 1.29 is 13.2 Å². The summed E-state index contributed by atoms with van der Waals surface area (Å²) in [6.07, 6.45) is -4.46. The van der Waals surface area contributed by atoms with Gasteiger partial charge in [-0.1, -0.05) is 0 Å². The molecule has 0 aliphatic rings. The number of halogens is 3. The Morgan fingerprint density at radius 2 is 2.07 bits per heavy atom. The number of aromatic nitrogens is 3. The molecule has 0 unspecified atom stereocenters. The lowest BCUT2D eigenvalue weighted by molar-refractivity contribution is -0.141. The number of nitrogens with two attached hydrogens (primary N) is 1. The molecule has 2 rings (SSSR count). The minimum absolute atomic E-state index is 0.0554. The number of anilines is 1. The molecule has 0 aliphatic heterocycles. The summed E-state index contributed by atoms with van der Waals surface area (Å²) < 4.78 is 37.1. The summed E-state index contributed by atoms with van der Waals surface area (Å²) in [4.78, 5) is 3.41. The summed E-state index contributed by atoms with van der Waals surface area (Å²) in [6, 6.07) is 0.953. The lowest BCUT2D eigenvalue weighted by Gasteiger charge is -2.06. The Morgan fingerprint density at radius 3 is 2.67 bits per heavy atom. The highest BCUT2D eigenvalue weighted by atomic mass is 19.4. The Bertz CT molecular complexity index is 514. The van der Waals surface area contributed by atoms with Gasteiger partial charge in [-0.15, -0.1) is 0 Å². The molecule has 0 atom stereocenters. The van der Waals surface area contributed by atoms with E-state index in [-0.39, 0.29) is 11.5 Å². The van der Waals surface area contributed by atoms with E-state index >= 15 is 0 Å². The number of alkyl halides is 3. The zero-order chi connectivity index (χ0) is 11.2. The van der Waals surface area contributed by atoms with Gasteiger partial charge in [0, 0.05) is 0 Å². The van der Waals surface area contributed by atoms with Gasteiger partial charge in [0.15, 0.2) is 11.5 Å². The summed E-state index contributed by atoms with van der Waals surface area (Å²) in [5, 5.41) is 6.39. The zero-order valence-electron chi connectivity index (χ0n) is 7.68. The molecule has 2 aromatic rings. The van der Waals surface area contributed by atoms with Crippen LogP contribution in [0.4, 0.5) is 19.0 Å². The maximum Gasteiger partial charge on any atom is 0.433 e. The number of nitrogen functional groups attached to an aromatic ring is 1. The maximum atomic E-state index is 12.4. The average Bonchev–Trinajstić information content (AvgIpc) is 2.46. The van der Waals surface area contributed by atoms with Crippen molar-refractivity contribution in [3.63, 3.8) is 0 Å². The van der Waals surface area contributed by atoms with Crippen molar-refractivity contribution >= 4 is 16.9 Å². The summed E-state index contributed by atoms with van der Waals surface area (Å²) in [6.45, 7) is 1.53. The van der Waals surface area contributed by atoms with Crippen LogP contribution in [-0.4, -0.2) is 15.2 Å². The highest BCUT2D eigenvalue weighted by molar-refractivity contribution is 5.89. The molecule has 2 aromatic heterocycles. The first kappa shape index (κ1) is 9.75. The van der Waals surface area contributed by atoms with E-state index in [0.29, 0.717) is 10.9 Å². The molecule has 4 nitrogen and oxygen atoms in total. The van der Waals surface area contributed by atoms with Crippen LogP contribution in [-0.2, 0) is 6.18 Å². The van der Waals surface area contributed by atoms with Gasteiger partial charge in [0.2, 0.25) is 0 Å². The Balaban J connectivity index is 2.74. The van der Waals surface area contributed by atoms with Crippen LogP contribution >= 0.6 is 0 Å². The van der Waals surface area contributed by atoms with Crippen molar-refractivity contribution in [1.82, 2.24) is 15.2 Å². The van der Waals surface area contributed by atoms with Crippen molar-refractivity contribution in [3.8, 4) is 0 Å². The number of rotatable bonds is 0. The van der Waals surface area contributed by atoms with E-state index in [1.165, 1.54) is 6.92 Å². The second-order valence-corrected chi connectivity index (χ2v) is 3.15. The van der Waals surface area contributed by atoms with Crippen LogP contribution < -0.4 is 5.73 Å². The van der Waals surface area contributed by atoms with Gasteiger partial charge in [-0.2, -0.15) is 18.3 Å². The van der Waals surface area contributed by atoms with E-state index in [2.05, 4.69) is 15.2 Å². The van der Waals surface area contributed by atoms with E-state index in [4.69, 9.17) is 5.73 Å². The van der Waals surface area contributed by atoms with Crippen LogP contribution in [0.2, 0.25) is 0 Å². The van der Waals surface area contributed by atoms with E-state index < -0.39 is 11.9 Å². The first-order valence-electron chi connectivity index (χ1n) is 4.08. The van der Waals surface area contributed by atoms with Crippen LogP contribution in [0.1, 0.15) is 11.3 Å². The second kappa shape index (κ2) is 2.85. The minimum Gasteiger partial charge on any atom is -0.382 e. The molecule has 3 N–H and O–H groups in total. The number of nitrogens with one attached hydrogen (secondary N) is 1. The van der Waals surface area contributed by atoms with E-state index in [9.17, 15) is 13.2 Å². The van der Waals surface area contributed by atoms with Gasteiger partial charge in [-0.25, -0.2) is 4.98 Å². The molecule has 0 spiro atoms. The van der Waals surface area contributed by atoms with Crippen LogP contribution in [0.5, 0.6) is 0 Å². The topological polar surface area (TPSA) is 67.6 Å². The fraction of sp³-hybridized carbons (Fsp3) is 0.250. The number of H-pyrrole nitrogens is 1. The van der Waals surface area contributed by atoms with Gasteiger partial charge in [0.1, 0.15) is 5.69 Å². The molecule has 0 aliphatic carbocycles. The largest absolute Gasteiger partial charge is 0.433 e. The van der Waals surface area contributed by atoms with E-state index in [1.54, 1.807) is 0 Å². The SMILES string of the molecule is Cc1cc(C(F)(F)F)nc2[nH]nc(N)c12. The van der Waals surface area contributed by atoms with Crippen molar-refractivity contribution in [2.24, 2.45) is 0 Å². The monoisotopic (exact) mass is 216 g/mol.